The third-order valence-electron chi connectivity index (χ3n) is 2.31. The van der Waals surface area contributed by atoms with Crippen LogP contribution in [0.1, 0.15) is 30.2 Å². The van der Waals surface area contributed by atoms with Crippen molar-refractivity contribution in [2.45, 2.75) is 19.8 Å². The van der Waals surface area contributed by atoms with Gasteiger partial charge >= 0.3 is 5.97 Å². The Kier molecular flexibility index (Phi) is 5.18. The van der Waals surface area contributed by atoms with Crippen molar-refractivity contribution in [3.63, 3.8) is 0 Å². The maximum atomic E-state index is 12.7. The zero-order chi connectivity index (χ0) is 14.4. The van der Waals surface area contributed by atoms with E-state index in [0.717, 1.165) is 6.20 Å². The van der Waals surface area contributed by atoms with Crippen LogP contribution in [0, 0.1) is 11.3 Å². The quantitative estimate of drug-likeness (QED) is 0.765. The van der Waals surface area contributed by atoms with E-state index in [-0.39, 0.29) is 30.0 Å². The molecule has 5 nitrogen and oxygen atoms in total. The summed E-state index contributed by atoms with van der Waals surface area (Å²) in [7, 11) is 1.22. The first-order chi connectivity index (χ1) is 9.04. The van der Waals surface area contributed by atoms with Crippen LogP contribution in [0.2, 0.25) is 0 Å². The summed E-state index contributed by atoms with van der Waals surface area (Å²) in [6, 6.07) is 1.64. The fourth-order valence-electron chi connectivity index (χ4n) is 1.52. The van der Waals surface area contributed by atoms with Gasteiger partial charge in [-0.3, -0.25) is 9.78 Å². The van der Waals surface area contributed by atoms with Crippen molar-refractivity contribution in [2.24, 2.45) is 0 Å². The molecule has 0 atom stereocenters. The Balaban J connectivity index is 3.21. The van der Waals surface area contributed by atoms with Crippen LogP contribution in [0.3, 0.4) is 0 Å². The summed E-state index contributed by atoms with van der Waals surface area (Å²) in [6.45, 7) is 1.84. The van der Waals surface area contributed by atoms with Gasteiger partial charge < -0.3 is 9.47 Å². The van der Waals surface area contributed by atoms with Crippen molar-refractivity contribution < 1.29 is 23.0 Å². The van der Waals surface area contributed by atoms with Gasteiger partial charge in [0.25, 0.3) is 6.43 Å². The lowest BCUT2D eigenvalue weighted by Gasteiger charge is -2.11. The maximum absolute atomic E-state index is 12.7. The molecule has 7 heteroatoms. The van der Waals surface area contributed by atoms with E-state index in [2.05, 4.69) is 4.98 Å². The summed E-state index contributed by atoms with van der Waals surface area (Å²) < 4.78 is 35.1. The van der Waals surface area contributed by atoms with E-state index in [0.29, 0.717) is 0 Å². The van der Waals surface area contributed by atoms with Crippen molar-refractivity contribution >= 4 is 5.97 Å². The number of carbonyl (C=O) groups is 1. The smallest absolute Gasteiger partial charge is 0.312 e. The Hall–Kier alpha value is -2.23. The summed E-state index contributed by atoms with van der Waals surface area (Å²) in [4.78, 5) is 15.1. The number of pyridine rings is 1. The zero-order valence-electron chi connectivity index (χ0n) is 10.4. The maximum Gasteiger partial charge on any atom is 0.312 e. The van der Waals surface area contributed by atoms with Crippen LogP contribution in [0.4, 0.5) is 8.78 Å². The van der Waals surface area contributed by atoms with E-state index in [4.69, 9.17) is 14.7 Å². The molecule has 0 aliphatic rings. The van der Waals surface area contributed by atoms with Gasteiger partial charge in [-0.15, -0.1) is 0 Å². The van der Waals surface area contributed by atoms with Crippen molar-refractivity contribution in [3.8, 4) is 11.8 Å². The number of methoxy groups -OCH3 is 1. The molecule has 0 aliphatic heterocycles. The van der Waals surface area contributed by atoms with E-state index in [1.807, 2.05) is 0 Å². The van der Waals surface area contributed by atoms with Gasteiger partial charge in [0.1, 0.15) is 11.6 Å². The summed E-state index contributed by atoms with van der Waals surface area (Å²) >= 11 is 0. The number of nitrogens with zero attached hydrogens (tertiary/aromatic N) is 2. The number of halogens is 2. The molecular formula is C12H12F2N2O3. The molecule has 0 aromatic carbocycles. The third kappa shape index (κ3) is 3.37. The van der Waals surface area contributed by atoms with Crippen LogP contribution >= 0.6 is 0 Å². The Bertz CT molecular complexity index is 512. The molecule has 102 valence electrons. The Morgan fingerprint density at radius 2 is 2.26 bits per heavy atom. The van der Waals surface area contributed by atoms with E-state index >= 15 is 0 Å². The van der Waals surface area contributed by atoms with Crippen molar-refractivity contribution in [1.82, 2.24) is 4.98 Å². The summed E-state index contributed by atoms with van der Waals surface area (Å²) in [6.07, 6.45) is -2.21. The standard InChI is InChI=1S/C12H12F2N2O3/c1-3-19-10(17)4-9-11(18-2)7(5-15)8(6-16-9)12(13)14/h6,12H,3-4H2,1-2H3. The second-order valence-corrected chi connectivity index (χ2v) is 3.46. The topological polar surface area (TPSA) is 72.2 Å². The number of ether oxygens (including phenoxy) is 2. The second-order valence-electron chi connectivity index (χ2n) is 3.46. The highest BCUT2D eigenvalue weighted by atomic mass is 19.3. The average Bonchev–Trinajstić information content (AvgIpc) is 2.37. The number of carbonyl (C=O) groups excluding carboxylic acids is 1. The van der Waals surface area contributed by atoms with E-state index in [1.54, 1.807) is 13.0 Å². The fourth-order valence-corrected chi connectivity index (χ4v) is 1.52. The van der Waals surface area contributed by atoms with Gasteiger partial charge in [0.2, 0.25) is 0 Å². The lowest BCUT2D eigenvalue weighted by atomic mass is 10.1. The van der Waals surface area contributed by atoms with Gasteiger partial charge in [-0.2, -0.15) is 5.26 Å². The first-order valence-electron chi connectivity index (χ1n) is 5.44. The van der Waals surface area contributed by atoms with E-state index in [9.17, 15) is 13.6 Å². The Morgan fingerprint density at radius 3 is 2.74 bits per heavy atom. The predicted octanol–water partition coefficient (Wildman–Crippen LogP) is 2.01. The number of hydrogen-bond donors (Lipinski definition) is 0. The molecule has 0 fully saturated rings. The summed E-state index contributed by atoms with van der Waals surface area (Å²) in [5.41, 5.74) is -0.736. The lowest BCUT2D eigenvalue weighted by molar-refractivity contribution is -0.142. The monoisotopic (exact) mass is 270 g/mol. The molecule has 0 unspecified atom stereocenters. The minimum absolute atomic E-state index is 0.0990. The first kappa shape index (κ1) is 14.8. The van der Waals surface area contributed by atoms with Gasteiger partial charge in [0.15, 0.2) is 5.75 Å². The second kappa shape index (κ2) is 6.64. The Labute approximate surface area is 108 Å². The molecule has 0 saturated heterocycles. The fraction of sp³-hybridized carbons (Fsp3) is 0.417. The molecular weight excluding hydrogens is 258 g/mol. The lowest BCUT2D eigenvalue weighted by Crippen LogP contribution is -2.11. The molecule has 0 radical (unpaired) electrons. The normalized spacial score (nSPS) is 10.1. The molecule has 0 saturated carbocycles. The van der Waals surface area contributed by atoms with Crippen LogP contribution in [0.5, 0.6) is 5.75 Å². The number of esters is 1. The van der Waals surface area contributed by atoms with Gasteiger partial charge in [-0.05, 0) is 6.92 Å². The number of hydrogen-bond acceptors (Lipinski definition) is 5. The molecule has 0 bridgehead atoms. The summed E-state index contributed by atoms with van der Waals surface area (Å²) in [5, 5.41) is 8.93. The highest BCUT2D eigenvalue weighted by Crippen LogP contribution is 2.31. The van der Waals surface area contributed by atoms with Gasteiger partial charge in [0.05, 0.1) is 31.4 Å². The van der Waals surface area contributed by atoms with Crippen LogP contribution in [-0.4, -0.2) is 24.7 Å². The van der Waals surface area contributed by atoms with E-state index < -0.39 is 18.0 Å². The minimum Gasteiger partial charge on any atom is -0.493 e. The number of nitriles is 1. The van der Waals surface area contributed by atoms with Crippen LogP contribution in [0.15, 0.2) is 6.20 Å². The predicted molar refractivity (Wildman–Crippen MR) is 60.8 cm³/mol. The zero-order valence-corrected chi connectivity index (χ0v) is 10.4. The Morgan fingerprint density at radius 1 is 1.58 bits per heavy atom. The number of alkyl halides is 2. The van der Waals surface area contributed by atoms with Gasteiger partial charge in [-0.25, -0.2) is 8.78 Å². The van der Waals surface area contributed by atoms with Crippen molar-refractivity contribution in [2.75, 3.05) is 13.7 Å². The molecule has 0 spiro atoms. The number of rotatable bonds is 5. The highest BCUT2D eigenvalue weighted by Gasteiger charge is 2.22. The molecule has 19 heavy (non-hydrogen) atoms. The van der Waals surface area contributed by atoms with Crippen LogP contribution in [-0.2, 0) is 16.0 Å². The summed E-state index contributed by atoms with van der Waals surface area (Å²) in [5.74, 6) is -0.685. The molecule has 0 amide bonds. The average molecular weight is 270 g/mol. The largest absolute Gasteiger partial charge is 0.493 e. The first-order valence-corrected chi connectivity index (χ1v) is 5.44. The minimum atomic E-state index is -2.84. The molecule has 1 aromatic rings. The highest BCUT2D eigenvalue weighted by molar-refractivity contribution is 5.73. The van der Waals surface area contributed by atoms with Crippen LogP contribution < -0.4 is 4.74 Å². The van der Waals surface area contributed by atoms with Crippen molar-refractivity contribution in [3.05, 3.63) is 23.0 Å². The molecule has 1 aromatic heterocycles. The van der Waals surface area contributed by atoms with E-state index in [1.165, 1.54) is 7.11 Å². The molecule has 0 N–H and O–H groups in total. The van der Waals surface area contributed by atoms with Crippen LogP contribution in [0.25, 0.3) is 0 Å². The third-order valence-corrected chi connectivity index (χ3v) is 2.31. The molecule has 1 rings (SSSR count). The number of aromatic nitrogens is 1. The van der Waals surface area contributed by atoms with Gasteiger partial charge in [0, 0.05) is 6.20 Å². The molecule has 1 heterocycles. The SMILES string of the molecule is CCOC(=O)Cc1ncc(C(F)F)c(C#N)c1OC. The van der Waals surface area contributed by atoms with Gasteiger partial charge in [-0.1, -0.05) is 0 Å². The van der Waals surface area contributed by atoms with Crippen molar-refractivity contribution in [1.29, 1.82) is 5.26 Å². The molecule has 0 aliphatic carbocycles.